The van der Waals surface area contributed by atoms with Gasteiger partial charge < -0.3 is 32.5 Å². The molecule has 4 unspecified atom stereocenters. The van der Waals surface area contributed by atoms with Gasteiger partial charge in [0.2, 0.25) is 23.6 Å². The molecule has 13 heteroatoms. The summed E-state index contributed by atoms with van der Waals surface area (Å²) < 4.78 is 0. The number of amides is 4. The standard InChI is InChI=1S/C18H33N5O6S2/c1-9(2)6-10(19)15(25)23-13(8-30)17(27)21-11(4-5-31-3)16(26)22-12(18(28)29)7-14(20)24/h9-13,30H,4-8,19H2,1-3H3,(H2,20,24)(H,21,27)(H,22,26)(H,23,25)(H,28,29). The fraction of sp³-hybridized carbons (Fsp3) is 0.722. The minimum absolute atomic E-state index is 0.0394. The van der Waals surface area contributed by atoms with Crippen LogP contribution in [0.4, 0.5) is 0 Å². The van der Waals surface area contributed by atoms with Gasteiger partial charge in [0.1, 0.15) is 18.1 Å². The van der Waals surface area contributed by atoms with Crippen LogP contribution in [0.25, 0.3) is 0 Å². The maximum Gasteiger partial charge on any atom is 0.326 e. The maximum atomic E-state index is 12.6. The summed E-state index contributed by atoms with van der Waals surface area (Å²) >= 11 is 5.50. The number of primary amides is 1. The fourth-order valence-electron chi connectivity index (χ4n) is 2.54. The molecule has 0 fully saturated rings. The van der Waals surface area contributed by atoms with Gasteiger partial charge >= 0.3 is 5.97 Å². The van der Waals surface area contributed by atoms with Crippen molar-refractivity contribution in [3.8, 4) is 0 Å². The average Bonchev–Trinajstić information content (AvgIpc) is 2.67. The summed E-state index contributed by atoms with van der Waals surface area (Å²) in [6.45, 7) is 3.82. The van der Waals surface area contributed by atoms with Crippen molar-refractivity contribution < 1.29 is 29.1 Å². The van der Waals surface area contributed by atoms with Crippen LogP contribution in [0.3, 0.4) is 0 Å². The van der Waals surface area contributed by atoms with E-state index in [2.05, 4.69) is 28.6 Å². The van der Waals surface area contributed by atoms with E-state index in [1.165, 1.54) is 11.8 Å². The number of carboxylic acids is 1. The molecule has 0 heterocycles. The molecule has 0 bridgehead atoms. The third-order valence-corrected chi connectivity index (χ3v) is 5.15. The van der Waals surface area contributed by atoms with Crippen molar-refractivity contribution in [2.24, 2.45) is 17.4 Å². The van der Waals surface area contributed by atoms with Crippen molar-refractivity contribution in [2.75, 3.05) is 17.8 Å². The third kappa shape index (κ3) is 11.8. The van der Waals surface area contributed by atoms with Gasteiger partial charge in [-0.3, -0.25) is 19.2 Å². The van der Waals surface area contributed by atoms with E-state index in [1.807, 2.05) is 13.8 Å². The Morgan fingerprint density at radius 1 is 0.968 bits per heavy atom. The second-order valence-corrected chi connectivity index (χ2v) is 8.74. The lowest BCUT2D eigenvalue weighted by atomic mass is 10.0. The van der Waals surface area contributed by atoms with E-state index in [9.17, 15) is 24.0 Å². The largest absolute Gasteiger partial charge is 0.480 e. The second kappa shape index (κ2) is 14.9. The van der Waals surface area contributed by atoms with Crippen molar-refractivity contribution in [3.05, 3.63) is 0 Å². The molecule has 0 rings (SSSR count). The molecule has 0 aliphatic heterocycles. The summed E-state index contributed by atoms with van der Waals surface area (Å²) in [6.07, 6.45) is 1.84. The van der Waals surface area contributed by atoms with Crippen molar-refractivity contribution in [3.63, 3.8) is 0 Å². The van der Waals surface area contributed by atoms with Crippen LogP contribution < -0.4 is 27.4 Å². The first-order valence-corrected chi connectivity index (χ1v) is 11.7. The Kier molecular flexibility index (Phi) is 14.0. The van der Waals surface area contributed by atoms with Gasteiger partial charge in [-0.25, -0.2) is 4.79 Å². The number of thioether (sulfide) groups is 1. The van der Waals surface area contributed by atoms with Crippen molar-refractivity contribution >= 4 is 54.0 Å². The summed E-state index contributed by atoms with van der Waals surface area (Å²) in [7, 11) is 0. The van der Waals surface area contributed by atoms with Crippen LogP contribution in [-0.2, 0) is 24.0 Å². The molecule has 0 saturated heterocycles. The Bertz CT molecular complexity index is 649. The molecule has 4 amide bonds. The van der Waals surface area contributed by atoms with Gasteiger partial charge in [-0.15, -0.1) is 0 Å². The SMILES string of the molecule is CSCCC(NC(=O)C(CS)NC(=O)C(N)CC(C)C)C(=O)NC(CC(N)=O)C(=O)O. The number of nitrogens with two attached hydrogens (primary N) is 2. The van der Waals surface area contributed by atoms with Gasteiger partial charge in [0, 0.05) is 5.75 Å². The van der Waals surface area contributed by atoms with Crippen LogP contribution in [0.2, 0.25) is 0 Å². The Hall–Kier alpha value is -1.99. The molecule has 178 valence electrons. The highest BCUT2D eigenvalue weighted by Gasteiger charge is 2.30. The zero-order valence-electron chi connectivity index (χ0n) is 17.9. The number of carboxylic acid groups (broad SMARTS) is 1. The number of carbonyl (C=O) groups excluding carboxylic acids is 4. The van der Waals surface area contributed by atoms with Gasteiger partial charge in [0.15, 0.2) is 0 Å². The van der Waals surface area contributed by atoms with E-state index in [4.69, 9.17) is 16.6 Å². The molecule has 8 N–H and O–H groups in total. The summed E-state index contributed by atoms with van der Waals surface area (Å²) in [5.74, 6) is -3.65. The quantitative estimate of drug-likeness (QED) is 0.137. The first kappa shape index (κ1) is 29.0. The highest BCUT2D eigenvalue weighted by Crippen LogP contribution is 2.05. The second-order valence-electron chi connectivity index (χ2n) is 7.39. The molecule has 0 aliphatic rings. The minimum Gasteiger partial charge on any atom is -0.480 e. The third-order valence-electron chi connectivity index (χ3n) is 4.14. The first-order chi connectivity index (χ1) is 14.4. The summed E-state index contributed by atoms with van der Waals surface area (Å²) in [4.78, 5) is 59.7. The van der Waals surface area contributed by atoms with Crippen LogP contribution in [0.5, 0.6) is 0 Å². The first-order valence-electron chi connectivity index (χ1n) is 9.70. The van der Waals surface area contributed by atoms with E-state index in [1.54, 1.807) is 6.26 Å². The predicted octanol–water partition coefficient (Wildman–Crippen LogP) is -1.54. The van der Waals surface area contributed by atoms with Crippen molar-refractivity contribution in [1.82, 2.24) is 16.0 Å². The molecule has 0 spiro atoms. The molecule has 0 aliphatic carbocycles. The van der Waals surface area contributed by atoms with E-state index < -0.39 is 60.2 Å². The number of thiol groups is 1. The van der Waals surface area contributed by atoms with E-state index in [-0.39, 0.29) is 18.1 Å². The van der Waals surface area contributed by atoms with Crippen LogP contribution in [0, 0.1) is 5.92 Å². The van der Waals surface area contributed by atoms with E-state index in [0.29, 0.717) is 12.2 Å². The van der Waals surface area contributed by atoms with Crippen molar-refractivity contribution in [2.45, 2.75) is 57.3 Å². The lowest BCUT2D eigenvalue weighted by molar-refractivity contribution is -0.143. The Morgan fingerprint density at radius 3 is 1.94 bits per heavy atom. The summed E-state index contributed by atoms with van der Waals surface area (Å²) in [5, 5.41) is 16.4. The normalized spacial score (nSPS) is 14.8. The van der Waals surface area contributed by atoms with Gasteiger partial charge in [0.05, 0.1) is 12.5 Å². The van der Waals surface area contributed by atoms with Crippen LogP contribution in [-0.4, -0.2) is 76.6 Å². The lowest BCUT2D eigenvalue weighted by Gasteiger charge is -2.24. The molecule has 0 aromatic rings. The van der Waals surface area contributed by atoms with Crippen molar-refractivity contribution in [1.29, 1.82) is 0 Å². The van der Waals surface area contributed by atoms with E-state index >= 15 is 0 Å². The van der Waals surface area contributed by atoms with Gasteiger partial charge in [-0.2, -0.15) is 24.4 Å². The highest BCUT2D eigenvalue weighted by atomic mass is 32.2. The highest BCUT2D eigenvalue weighted by molar-refractivity contribution is 7.98. The maximum absolute atomic E-state index is 12.6. The number of rotatable bonds is 15. The Balaban J connectivity index is 5.22. The molecule has 11 nitrogen and oxygen atoms in total. The van der Waals surface area contributed by atoms with Crippen LogP contribution >= 0.6 is 24.4 Å². The number of aliphatic carboxylic acids is 1. The molecule has 31 heavy (non-hydrogen) atoms. The molecule has 0 aromatic carbocycles. The molecule has 0 radical (unpaired) electrons. The summed E-state index contributed by atoms with van der Waals surface area (Å²) in [6, 6.07) is -4.44. The monoisotopic (exact) mass is 479 g/mol. The van der Waals surface area contributed by atoms with Gasteiger partial charge in [0.25, 0.3) is 0 Å². The number of hydrogen-bond donors (Lipinski definition) is 7. The number of nitrogens with one attached hydrogen (secondary N) is 3. The zero-order valence-corrected chi connectivity index (χ0v) is 19.6. The van der Waals surface area contributed by atoms with Gasteiger partial charge in [-0.05, 0) is 30.8 Å². The smallest absolute Gasteiger partial charge is 0.326 e. The topological polar surface area (TPSA) is 194 Å². The summed E-state index contributed by atoms with van der Waals surface area (Å²) in [5.41, 5.74) is 10.8. The number of hydrogen-bond acceptors (Lipinski definition) is 8. The van der Waals surface area contributed by atoms with Crippen LogP contribution in [0.15, 0.2) is 0 Å². The molecular formula is C18H33N5O6S2. The zero-order chi connectivity index (χ0) is 24.1. The van der Waals surface area contributed by atoms with Crippen LogP contribution in [0.1, 0.15) is 33.1 Å². The van der Waals surface area contributed by atoms with E-state index in [0.717, 1.165) is 0 Å². The Labute approximate surface area is 191 Å². The predicted molar refractivity (Wildman–Crippen MR) is 122 cm³/mol. The number of carbonyl (C=O) groups is 5. The minimum atomic E-state index is -1.52. The average molecular weight is 480 g/mol. The molecule has 4 atom stereocenters. The molecule has 0 aromatic heterocycles. The fourth-order valence-corrected chi connectivity index (χ4v) is 3.27. The lowest BCUT2D eigenvalue weighted by Crippen LogP contribution is -2.58. The Morgan fingerprint density at radius 2 is 1.48 bits per heavy atom. The molecule has 0 saturated carbocycles. The van der Waals surface area contributed by atoms with Gasteiger partial charge in [-0.1, -0.05) is 13.8 Å². The molecular weight excluding hydrogens is 446 g/mol.